The van der Waals surface area contributed by atoms with Gasteiger partial charge in [-0.05, 0) is 38.7 Å². The first-order chi connectivity index (χ1) is 10.4. The Kier molecular flexibility index (Phi) is 5.31. The minimum Gasteiger partial charge on any atom is -0.361 e. The smallest absolute Gasteiger partial charge is 0.242 e. The van der Waals surface area contributed by atoms with E-state index in [1.165, 1.54) is 11.8 Å². The second-order valence-electron chi connectivity index (χ2n) is 4.97. The first-order valence-electron chi connectivity index (χ1n) is 6.98. The molecule has 0 amide bonds. The van der Waals surface area contributed by atoms with Crippen LogP contribution in [0.1, 0.15) is 36.4 Å². The molecule has 0 saturated carbocycles. The van der Waals surface area contributed by atoms with Crippen molar-refractivity contribution in [2.45, 2.75) is 43.0 Å². The minimum atomic E-state index is -3.61. The molecule has 22 heavy (non-hydrogen) atoms. The van der Waals surface area contributed by atoms with Crippen molar-refractivity contribution in [3.05, 3.63) is 41.3 Å². The maximum atomic E-state index is 12.7. The summed E-state index contributed by atoms with van der Waals surface area (Å²) < 4.78 is 33.4. The molecule has 0 saturated heterocycles. The SMILES string of the molecule is CCC(NS(=O)(=O)c1ccccc1SC)c1c(C)noc1C. The van der Waals surface area contributed by atoms with Gasteiger partial charge >= 0.3 is 0 Å². The van der Waals surface area contributed by atoms with Crippen molar-refractivity contribution < 1.29 is 12.9 Å². The molecule has 2 aromatic rings. The number of benzene rings is 1. The fourth-order valence-corrected chi connectivity index (χ4v) is 4.87. The van der Waals surface area contributed by atoms with Crippen LogP contribution in [0.3, 0.4) is 0 Å². The monoisotopic (exact) mass is 340 g/mol. The van der Waals surface area contributed by atoms with E-state index in [0.29, 0.717) is 22.8 Å². The average molecular weight is 340 g/mol. The van der Waals surface area contributed by atoms with Crippen LogP contribution in [0.5, 0.6) is 0 Å². The fraction of sp³-hybridized carbons (Fsp3) is 0.400. The maximum Gasteiger partial charge on any atom is 0.242 e. The van der Waals surface area contributed by atoms with Crippen LogP contribution >= 0.6 is 11.8 Å². The molecular formula is C15H20N2O3S2. The predicted molar refractivity (Wildman–Crippen MR) is 87.6 cm³/mol. The van der Waals surface area contributed by atoms with Gasteiger partial charge in [0.1, 0.15) is 5.76 Å². The van der Waals surface area contributed by atoms with Crippen molar-refractivity contribution in [1.29, 1.82) is 0 Å². The summed E-state index contributed by atoms with van der Waals surface area (Å²) in [4.78, 5) is 1.02. The van der Waals surface area contributed by atoms with Gasteiger partial charge in [0.15, 0.2) is 0 Å². The number of hydrogen-bond donors (Lipinski definition) is 1. The van der Waals surface area contributed by atoms with E-state index in [9.17, 15) is 8.42 Å². The van der Waals surface area contributed by atoms with Crippen LogP contribution in [0.4, 0.5) is 0 Å². The Bertz CT molecular complexity index is 734. The van der Waals surface area contributed by atoms with E-state index < -0.39 is 10.0 Å². The molecule has 0 aliphatic carbocycles. The molecule has 1 unspecified atom stereocenters. The molecule has 0 aliphatic heterocycles. The molecule has 7 heteroatoms. The van der Waals surface area contributed by atoms with Gasteiger partial charge in [0.25, 0.3) is 0 Å². The third kappa shape index (κ3) is 3.37. The van der Waals surface area contributed by atoms with Crippen molar-refractivity contribution >= 4 is 21.8 Å². The maximum absolute atomic E-state index is 12.7. The molecule has 0 bridgehead atoms. The number of sulfonamides is 1. The van der Waals surface area contributed by atoms with E-state index in [2.05, 4.69) is 9.88 Å². The summed E-state index contributed by atoms with van der Waals surface area (Å²) in [5.41, 5.74) is 1.53. The summed E-state index contributed by atoms with van der Waals surface area (Å²) in [6.45, 7) is 5.54. The molecule has 0 aliphatic rings. The van der Waals surface area contributed by atoms with Crippen molar-refractivity contribution in [3.8, 4) is 0 Å². The number of aryl methyl sites for hydroxylation is 2. The quantitative estimate of drug-likeness (QED) is 0.816. The zero-order valence-electron chi connectivity index (χ0n) is 13.1. The molecule has 1 aromatic carbocycles. The van der Waals surface area contributed by atoms with Crippen LogP contribution in [0.2, 0.25) is 0 Å². The van der Waals surface area contributed by atoms with Crippen molar-refractivity contribution in [2.24, 2.45) is 0 Å². The van der Waals surface area contributed by atoms with Gasteiger partial charge in [-0.3, -0.25) is 0 Å². The number of aromatic nitrogens is 1. The summed E-state index contributed by atoms with van der Waals surface area (Å²) in [6.07, 6.45) is 2.48. The normalized spacial score (nSPS) is 13.3. The first kappa shape index (κ1) is 17.1. The highest BCUT2D eigenvalue weighted by molar-refractivity contribution is 7.99. The lowest BCUT2D eigenvalue weighted by atomic mass is 10.0. The van der Waals surface area contributed by atoms with E-state index >= 15 is 0 Å². The van der Waals surface area contributed by atoms with Crippen LogP contribution in [-0.4, -0.2) is 19.8 Å². The van der Waals surface area contributed by atoms with E-state index in [1.54, 1.807) is 25.1 Å². The molecule has 5 nitrogen and oxygen atoms in total. The molecule has 0 radical (unpaired) electrons. The standard InChI is InChI=1S/C15H20N2O3S2/c1-5-12(15-10(2)16-20-11(15)3)17-22(18,19)14-9-7-6-8-13(14)21-4/h6-9,12,17H,5H2,1-4H3. The molecule has 0 fully saturated rings. The van der Waals surface area contributed by atoms with Crippen LogP contribution in [0, 0.1) is 13.8 Å². The third-order valence-corrected chi connectivity index (χ3v) is 5.96. The summed E-state index contributed by atoms with van der Waals surface area (Å²) in [6, 6.07) is 6.62. The Morgan fingerprint density at radius 2 is 2.00 bits per heavy atom. The van der Waals surface area contributed by atoms with Gasteiger partial charge in [-0.15, -0.1) is 11.8 Å². The van der Waals surface area contributed by atoms with E-state index in [4.69, 9.17) is 4.52 Å². The molecule has 1 aromatic heterocycles. The number of nitrogens with one attached hydrogen (secondary N) is 1. The van der Waals surface area contributed by atoms with Gasteiger partial charge < -0.3 is 4.52 Å². The lowest BCUT2D eigenvalue weighted by Gasteiger charge is -2.18. The Morgan fingerprint density at radius 1 is 1.32 bits per heavy atom. The van der Waals surface area contributed by atoms with Crippen LogP contribution in [0.25, 0.3) is 0 Å². The lowest BCUT2D eigenvalue weighted by molar-refractivity contribution is 0.390. The number of hydrogen-bond acceptors (Lipinski definition) is 5. The molecular weight excluding hydrogens is 320 g/mol. The predicted octanol–water partition coefficient (Wildman–Crippen LogP) is 3.44. The largest absolute Gasteiger partial charge is 0.361 e. The Labute approximate surface area is 135 Å². The summed E-state index contributed by atoms with van der Waals surface area (Å²) in [7, 11) is -3.61. The summed E-state index contributed by atoms with van der Waals surface area (Å²) in [5, 5.41) is 3.91. The number of nitrogens with zero attached hydrogens (tertiary/aromatic N) is 1. The zero-order valence-corrected chi connectivity index (χ0v) is 14.7. The molecule has 2 rings (SSSR count). The van der Waals surface area contributed by atoms with E-state index in [-0.39, 0.29) is 6.04 Å². The van der Waals surface area contributed by atoms with Crippen molar-refractivity contribution in [3.63, 3.8) is 0 Å². The Hall–Kier alpha value is -1.31. The third-order valence-electron chi connectivity index (χ3n) is 3.50. The average Bonchev–Trinajstić information content (AvgIpc) is 2.84. The number of rotatable bonds is 6. The second-order valence-corrected chi connectivity index (χ2v) is 7.50. The number of thioether (sulfide) groups is 1. The lowest BCUT2D eigenvalue weighted by Crippen LogP contribution is -2.29. The highest BCUT2D eigenvalue weighted by Gasteiger charge is 2.26. The fourth-order valence-electron chi connectivity index (χ4n) is 2.43. The van der Waals surface area contributed by atoms with Gasteiger partial charge in [-0.25, -0.2) is 13.1 Å². The Balaban J connectivity index is 2.38. The Morgan fingerprint density at radius 3 is 2.55 bits per heavy atom. The van der Waals surface area contributed by atoms with Crippen molar-refractivity contribution in [2.75, 3.05) is 6.26 Å². The highest BCUT2D eigenvalue weighted by atomic mass is 32.2. The van der Waals surface area contributed by atoms with Gasteiger partial charge in [-0.1, -0.05) is 24.2 Å². The van der Waals surface area contributed by atoms with Crippen molar-refractivity contribution in [1.82, 2.24) is 9.88 Å². The van der Waals surface area contributed by atoms with Crippen LogP contribution in [0.15, 0.2) is 38.6 Å². The molecule has 1 N–H and O–H groups in total. The van der Waals surface area contributed by atoms with Crippen LogP contribution in [-0.2, 0) is 10.0 Å². The molecule has 0 spiro atoms. The van der Waals surface area contributed by atoms with E-state index in [0.717, 1.165) is 10.5 Å². The first-order valence-corrected chi connectivity index (χ1v) is 9.69. The summed E-state index contributed by atoms with van der Waals surface area (Å²) >= 11 is 1.41. The van der Waals surface area contributed by atoms with E-state index in [1.807, 2.05) is 26.2 Å². The molecule has 120 valence electrons. The topological polar surface area (TPSA) is 72.2 Å². The zero-order chi connectivity index (χ0) is 16.3. The minimum absolute atomic E-state index is 0.299. The van der Waals surface area contributed by atoms with Gasteiger partial charge in [0.2, 0.25) is 10.0 Å². The molecule has 1 atom stereocenters. The summed E-state index contributed by atoms with van der Waals surface area (Å²) in [5.74, 6) is 0.644. The molecule has 1 heterocycles. The van der Waals surface area contributed by atoms with Gasteiger partial charge in [-0.2, -0.15) is 0 Å². The van der Waals surface area contributed by atoms with Gasteiger partial charge in [0.05, 0.1) is 16.6 Å². The second kappa shape index (κ2) is 6.85. The van der Waals surface area contributed by atoms with Gasteiger partial charge in [0, 0.05) is 10.5 Å². The highest BCUT2D eigenvalue weighted by Crippen LogP contribution is 2.29. The van der Waals surface area contributed by atoms with Crippen LogP contribution < -0.4 is 4.72 Å².